The van der Waals surface area contributed by atoms with Crippen LogP contribution in [0.4, 0.5) is 5.69 Å². The Bertz CT molecular complexity index is 559. The SMILES string of the molecule is O=[N+]([O-])c1cccc2c(SCCO)ccnc12. The Morgan fingerprint density at radius 2 is 2.24 bits per heavy atom. The summed E-state index contributed by atoms with van der Waals surface area (Å²) in [5.41, 5.74) is 0.398. The number of non-ortho nitro benzene ring substituents is 1. The normalized spacial score (nSPS) is 10.6. The van der Waals surface area contributed by atoms with E-state index in [0.717, 1.165) is 10.3 Å². The largest absolute Gasteiger partial charge is 0.396 e. The number of nitro benzene ring substituents is 1. The fourth-order valence-electron chi connectivity index (χ4n) is 1.56. The maximum Gasteiger partial charge on any atom is 0.295 e. The van der Waals surface area contributed by atoms with Gasteiger partial charge in [-0.25, -0.2) is 4.98 Å². The second kappa shape index (κ2) is 5.11. The van der Waals surface area contributed by atoms with Gasteiger partial charge < -0.3 is 5.11 Å². The summed E-state index contributed by atoms with van der Waals surface area (Å²) in [7, 11) is 0. The fourth-order valence-corrected chi connectivity index (χ4v) is 2.35. The Morgan fingerprint density at radius 3 is 2.94 bits per heavy atom. The summed E-state index contributed by atoms with van der Waals surface area (Å²) in [6, 6.07) is 6.68. The van der Waals surface area contributed by atoms with Crippen molar-refractivity contribution in [2.75, 3.05) is 12.4 Å². The van der Waals surface area contributed by atoms with Crippen LogP contribution in [-0.4, -0.2) is 27.4 Å². The summed E-state index contributed by atoms with van der Waals surface area (Å²) in [4.78, 5) is 15.4. The van der Waals surface area contributed by atoms with Crippen molar-refractivity contribution in [2.45, 2.75) is 4.90 Å². The molecule has 0 aliphatic rings. The lowest BCUT2D eigenvalue weighted by Crippen LogP contribution is -1.93. The summed E-state index contributed by atoms with van der Waals surface area (Å²) < 4.78 is 0. The minimum absolute atomic E-state index is 0.00829. The van der Waals surface area contributed by atoms with Crippen LogP contribution < -0.4 is 0 Å². The van der Waals surface area contributed by atoms with Crippen molar-refractivity contribution < 1.29 is 10.0 Å². The number of hydrogen-bond acceptors (Lipinski definition) is 5. The van der Waals surface area contributed by atoms with E-state index in [4.69, 9.17) is 5.11 Å². The topological polar surface area (TPSA) is 76.3 Å². The minimum Gasteiger partial charge on any atom is -0.396 e. The average molecular weight is 250 g/mol. The van der Waals surface area contributed by atoms with E-state index in [2.05, 4.69) is 4.98 Å². The van der Waals surface area contributed by atoms with Gasteiger partial charge >= 0.3 is 0 Å². The first-order valence-corrected chi connectivity index (χ1v) is 5.98. The van der Waals surface area contributed by atoms with Gasteiger partial charge in [0.2, 0.25) is 0 Å². The quantitative estimate of drug-likeness (QED) is 0.511. The molecule has 0 saturated carbocycles. The lowest BCUT2D eigenvalue weighted by molar-refractivity contribution is -0.383. The number of para-hydroxylation sites is 1. The number of thioether (sulfide) groups is 1. The fraction of sp³-hybridized carbons (Fsp3) is 0.182. The van der Waals surface area contributed by atoms with Crippen LogP contribution in [0.3, 0.4) is 0 Å². The molecule has 0 aliphatic carbocycles. The van der Waals surface area contributed by atoms with Crippen LogP contribution in [0.15, 0.2) is 35.4 Å². The zero-order valence-electron chi connectivity index (χ0n) is 8.87. The maximum atomic E-state index is 10.9. The molecule has 2 rings (SSSR count). The highest BCUT2D eigenvalue weighted by atomic mass is 32.2. The van der Waals surface area contributed by atoms with E-state index in [0.29, 0.717) is 11.3 Å². The molecule has 0 radical (unpaired) electrons. The van der Waals surface area contributed by atoms with Gasteiger partial charge in [-0.05, 0) is 6.07 Å². The molecule has 1 aromatic carbocycles. The second-order valence-electron chi connectivity index (χ2n) is 3.31. The van der Waals surface area contributed by atoms with E-state index < -0.39 is 4.92 Å². The summed E-state index contributed by atoms with van der Waals surface area (Å²) in [6.45, 7) is 0.0728. The Balaban J connectivity index is 2.57. The molecule has 6 heteroatoms. The number of fused-ring (bicyclic) bond motifs is 1. The number of nitro groups is 1. The van der Waals surface area contributed by atoms with Gasteiger partial charge in [-0.1, -0.05) is 12.1 Å². The number of aliphatic hydroxyl groups excluding tert-OH is 1. The molecule has 0 bridgehead atoms. The summed E-state index contributed by atoms with van der Waals surface area (Å²) in [6.07, 6.45) is 1.55. The molecule has 0 amide bonds. The number of aliphatic hydroxyl groups is 1. The molecule has 0 spiro atoms. The van der Waals surface area contributed by atoms with Crippen molar-refractivity contribution in [3.63, 3.8) is 0 Å². The Labute approximate surface area is 102 Å². The highest BCUT2D eigenvalue weighted by Gasteiger charge is 2.14. The molecule has 0 unspecified atom stereocenters. The van der Waals surface area contributed by atoms with Crippen molar-refractivity contribution in [1.82, 2.24) is 4.98 Å². The number of rotatable bonds is 4. The molecule has 0 saturated heterocycles. The number of nitrogens with zero attached hydrogens (tertiary/aromatic N) is 2. The van der Waals surface area contributed by atoms with E-state index in [1.807, 2.05) is 0 Å². The van der Waals surface area contributed by atoms with Crippen molar-refractivity contribution in [3.05, 3.63) is 40.6 Å². The minimum atomic E-state index is -0.435. The van der Waals surface area contributed by atoms with Gasteiger partial charge in [0, 0.05) is 28.3 Å². The van der Waals surface area contributed by atoms with Crippen LogP contribution in [0, 0.1) is 10.1 Å². The third kappa shape index (κ3) is 2.37. The van der Waals surface area contributed by atoms with Crippen molar-refractivity contribution in [2.24, 2.45) is 0 Å². The average Bonchev–Trinajstić information content (AvgIpc) is 2.35. The van der Waals surface area contributed by atoms with E-state index in [1.165, 1.54) is 17.8 Å². The van der Waals surface area contributed by atoms with E-state index in [9.17, 15) is 10.1 Å². The van der Waals surface area contributed by atoms with Gasteiger partial charge in [0.25, 0.3) is 5.69 Å². The smallest absolute Gasteiger partial charge is 0.295 e. The van der Waals surface area contributed by atoms with Crippen LogP contribution in [0.1, 0.15) is 0 Å². The Kier molecular flexibility index (Phi) is 3.55. The summed E-state index contributed by atoms with van der Waals surface area (Å²) >= 11 is 1.46. The van der Waals surface area contributed by atoms with Crippen LogP contribution in [0.25, 0.3) is 10.9 Å². The lowest BCUT2D eigenvalue weighted by atomic mass is 10.2. The molecule has 0 atom stereocenters. The molecular formula is C11H10N2O3S. The van der Waals surface area contributed by atoms with Crippen LogP contribution in [0.2, 0.25) is 0 Å². The summed E-state index contributed by atoms with van der Waals surface area (Å²) in [5.74, 6) is 0.557. The molecular weight excluding hydrogens is 240 g/mol. The van der Waals surface area contributed by atoms with Crippen molar-refractivity contribution in [3.8, 4) is 0 Å². The number of aromatic nitrogens is 1. The molecule has 1 heterocycles. The molecule has 1 N–H and O–H groups in total. The van der Waals surface area contributed by atoms with Crippen LogP contribution >= 0.6 is 11.8 Å². The third-order valence-corrected chi connectivity index (χ3v) is 3.31. The van der Waals surface area contributed by atoms with Crippen LogP contribution in [-0.2, 0) is 0 Å². The Morgan fingerprint density at radius 1 is 1.41 bits per heavy atom. The van der Waals surface area contributed by atoms with Gasteiger partial charge in [0.1, 0.15) is 5.52 Å². The molecule has 0 aliphatic heterocycles. The van der Waals surface area contributed by atoms with Gasteiger partial charge in [0.05, 0.1) is 11.5 Å². The maximum absolute atomic E-state index is 10.9. The van der Waals surface area contributed by atoms with E-state index in [-0.39, 0.29) is 12.3 Å². The molecule has 0 fully saturated rings. The zero-order chi connectivity index (χ0) is 12.3. The van der Waals surface area contributed by atoms with E-state index in [1.54, 1.807) is 24.4 Å². The summed E-state index contributed by atoms with van der Waals surface area (Å²) in [5, 5.41) is 20.4. The zero-order valence-corrected chi connectivity index (χ0v) is 9.68. The van der Waals surface area contributed by atoms with Gasteiger partial charge in [-0.2, -0.15) is 0 Å². The predicted molar refractivity (Wildman–Crippen MR) is 66.2 cm³/mol. The molecule has 17 heavy (non-hydrogen) atoms. The monoisotopic (exact) mass is 250 g/mol. The number of hydrogen-bond donors (Lipinski definition) is 1. The lowest BCUT2D eigenvalue weighted by Gasteiger charge is -2.04. The van der Waals surface area contributed by atoms with Gasteiger partial charge in [-0.15, -0.1) is 11.8 Å². The van der Waals surface area contributed by atoms with Crippen LogP contribution in [0.5, 0.6) is 0 Å². The second-order valence-corrected chi connectivity index (χ2v) is 4.45. The molecule has 5 nitrogen and oxygen atoms in total. The number of benzene rings is 1. The Hall–Kier alpha value is -1.66. The molecule has 2 aromatic rings. The standard InChI is InChI=1S/C11H10N2O3S/c14-6-7-17-10-4-5-12-11-8(10)2-1-3-9(11)13(15)16/h1-5,14H,6-7H2. The number of pyridine rings is 1. The van der Waals surface area contributed by atoms with Gasteiger partial charge in [-0.3, -0.25) is 10.1 Å². The first-order chi connectivity index (χ1) is 8.24. The first-order valence-electron chi connectivity index (χ1n) is 5.00. The predicted octanol–water partition coefficient (Wildman–Crippen LogP) is 2.23. The molecule has 88 valence electrons. The molecule has 1 aromatic heterocycles. The van der Waals surface area contributed by atoms with Crippen molar-refractivity contribution in [1.29, 1.82) is 0 Å². The third-order valence-electron chi connectivity index (χ3n) is 2.26. The van der Waals surface area contributed by atoms with E-state index >= 15 is 0 Å². The first kappa shape index (κ1) is 11.8. The highest BCUT2D eigenvalue weighted by Crippen LogP contribution is 2.30. The van der Waals surface area contributed by atoms with Gasteiger partial charge in [0.15, 0.2) is 0 Å². The van der Waals surface area contributed by atoms with Crippen molar-refractivity contribution >= 4 is 28.4 Å². The highest BCUT2D eigenvalue weighted by molar-refractivity contribution is 7.99.